The van der Waals surface area contributed by atoms with Gasteiger partial charge in [0.25, 0.3) is 0 Å². The molecule has 0 saturated heterocycles. The van der Waals surface area contributed by atoms with Crippen molar-refractivity contribution < 1.29 is 4.39 Å². The summed E-state index contributed by atoms with van der Waals surface area (Å²) >= 11 is 1.60. The van der Waals surface area contributed by atoms with Crippen LogP contribution in [0.3, 0.4) is 0 Å². The molecule has 96 valence electrons. The first-order valence-corrected chi connectivity index (χ1v) is 6.84. The van der Waals surface area contributed by atoms with Gasteiger partial charge in [0.2, 0.25) is 0 Å². The molecule has 0 saturated carbocycles. The Morgan fingerprint density at radius 2 is 1.95 bits per heavy atom. The molecule has 0 radical (unpaired) electrons. The third-order valence-corrected chi connectivity index (χ3v) is 3.97. The fraction of sp³-hybridized carbons (Fsp3) is 0.133. The summed E-state index contributed by atoms with van der Waals surface area (Å²) in [6.45, 7) is 3.80. The monoisotopic (exact) mass is 272 g/mol. The van der Waals surface area contributed by atoms with Crippen LogP contribution in [0.25, 0.3) is 10.2 Å². The number of aromatic nitrogens is 1. The van der Waals surface area contributed by atoms with Gasteiger partial charge in [0.15, 0.2) is 5.13 Å². The van der Waals surface area contributed by atoms with E-state index in [1.54, 1.807) is 30.4 Å². The standard InChI is InChI=1S/C15H13FN2S/c1-9-4-3-5-13-14(9)18-15(19-13)17-11-6-7-12(16)10(2)8-11/h3-8H,1-2H3,(H,17,18). The molecule has 0 aliphatic carbocycles. The van der Waals surface area contributed by atoms with Gasteiger partial charge in [-0.05, 0) is 49.2 Å². The highest BCUT2D eigenvalue weighted by Gasteiger charge is 2.06. The van der Waals surface area contributed by atoms with Crippen LogP contribution in [0.2, 0.25) is 0 Å². The van der Waals surface area contributed by atoms with Crippen LogP contribution < -0.4 is 5.32 Å². The summed E-state index contributed by atoms with van der Waals surface area (Å²) in [5, 5.41) is 4.06. The minimum atomic E-state index is -0.189. The molecule has 0 fully saturated rings. The quantitative estimate of drug-likeness (QED) is 0.725. The number of hydrogen-bond acceptors (Lipinski definition) is 3. The SMILES string of the molecule is Cc1cc(Nc2nc3c(C)cccc3s2)ccc1F. The highest BCUT2D eigenvalue weighted by atomic mass is 32.1. The number of anilines is 2. The molecule has 1 aromatic heterocycles. The number of nitrogens with one attached hydrogen (secondary N) is 1. The summed E-state index contributed by atoms with van der Waals surface area (Å²) in [5.41, 5.74) is 3.67. The minimum absolute atomic E-state index is 0.189. The van der Waals surface area contributed by atoms with Crippen molar-refractivity contribution in [3.8, 4) is 0 Å². The molecule has 1 N–H and O–H groups in total. The number of halogens is 1. The number of benzene rings is 2. The Morgan fingerprint density at radius 3 is 2.68 bits per heavy atom. The Balaban J connectivity index is 1.96. The van der Waals surface area contributed by atoms with Crippen LogP contribution >= 0.6 is 11.3 Å². The number of thiazole rings is 1. The first-order valence-electron chi connectivity index (χ1n) is 6.03. The van der Waals surface area contributed by atoms with Crippen molar-refractivity contribution in [2.24, 2.45) is 0 Å². The first-order chi connectivity index (χ1) is 9.13. The third kappa shape index (κ3) is 2.31. The van der Waals surface area contributed by atoms with Gasteiger partial charge in [-0.15, -0.1) is 0 Å². The normalized spacial score (nSPS) is 10.9. The molecular weight excluding hydrogens is 259 g/mol. The van der Waals surface area contributed by atoms with Crippen molar-refractivity contribution in [1.29, 1.82) is 0 Å². The molecule has 19 heavy (non-hydrogen) atoms. The van der Waals surface area contributed by atoms with E-state index in [9.17, 15) is 4.39 Å². The Hall–Kier alpha value is -1.94. The summed E-state index contributed by atoms with van der Waals surface area (Å²) in [7, 11) is 0. The van der Waals surface area contributed by atoms with Gasteiger partial charge >= 0.3 is 0 Å². The Kier molecular flexibility index (Phi) is 2.95. The average Bonchev–Trinajstić information content (AvgIpc) is 2.78. The fourth-order valence-electron chi connectivity index (χ4n) is 1.99. The van der Waals surface area contributed by atoms with Gasteiger partial charge in [-0.1, -0.05) is 23.5 Å². The number of rotatable bonds is 2. The average molecular weight is 272 g/mol. The summed E-state index contributed by atoms with van der Waals surface area (Å²) in [5.74, 6) is -0.189. The van der Waals surface area contributed by atoms with Crippen LogP contribution in [-0.4, -0.2) is 4.98 Å². The van der Waals surface area contributed by atoms with Crippen LogP contribution in [0.5, 0.6) is 0 Å². The maximum Gasteiger partial charge on any atom is 0.188 e. The zero-order valence-corrected chi connectivity index (χ0v) is 11.5. The molecule has 3 rings (SSSR count). The number of para-hydroxylation sites is 1. The van der Waals surface area contributed by atoms with E-state index < -0.39 is 0 Å². The Labute approximate surface area is 114 Å². The second kappa shape index (κ2) is 4.63. The fourth-order valence-corrected chi connectivity index (χ4v) is 2.95. The van der Waals surface area contributed by atoms with Gasteiger partial charge in [0, 0.05) is 5.69 Å². The molecule has 2 nitrogen and oxygen atoms in total. The van der Waals surface area contributed by atoms with Crippen molar-refractivity contribution >= 4 is 32.4 Å². The summed E-state index contributed by atoms with van der Waals surface area (Å²) in [6.07, 6.45) is 0. The van der Waals surface area contributed by atoms with Crippen LogP contribution in [0, 0.1) is 19.7 Å². The molecule has 0 spiro atoms. The topological polar surface area (TPSA) is 24.9 Å². The van der Waals surface area contributed by atoms with Gasteiger partial charge in [-0.3, -0.25) is 0 Å². The number of nitrogens with zero attached hydrogens (tertiary/aromatic N) is 1. The van der Waals surface area contributed by atoms with Crippen LogP contribution in [-0.2, 0) is 0 Å². The predicted octanol–water partition coefficient (Wildman–Crippen LogP) is 4.80. The van der Waals surface area contributed by atoms with E-state index in [1.165, 1.54) is 6.07 Å². The lowest BCUT2D eigenvalue weighted by Crippen LogP contribution is -1.91. The van der Waals surface area contributed by atoms with E-state index in [2.05, 4.69) is 16.4 Å². The molecular formula is C15H13FN2S. The summed E-state index contributed by atoms with van der Waals surface area (Å²) in [6, 6.07) is 11.1. The molecule has 0 amide bonds. The molecule has 1 heterocycles. The highest BCUT2D eigenvalue weighted by molar-refractivity contribution is 7.22. The van der Waals surface area contributed by atoms with Gasteiger partial charge < -0.3 is 5.32 Å². The molecule has 0 aliphatic heterocycles. The van der Waals surface area contributed by atoms with Gasteiger partial charge in [-0.25, -0.2) is 9.37 Å². The third-order valence-electron chi connectivity index (χ3n) is 3.03. The molecule has 3 aromatic rings. The van der Waals surface area contributed by atoms with Crippen LogP contribution in [0.1, 0.15) is 11.1 Å². The second-order valence-electron chi connectivity index (χ2n) is 4.53. The van der Waals surface area contributed by atoms with Crippen molar-refractivity contribution in [3.05, 3.63) is 53.3 Å². The number of hydrogen-bond donors (Lipinski definition) is 1. The lowest BCUT2D eigenvalue weighted by atomic mass is 10.2. The number of fused-ring (bicyclic) bond motifs is 1. The predicted molar refractivity (Wildman–Crippen MR) is 78.8 cm³/mol. The van der Waals surface area contributed by atoms with E-state index in [4.69, 9.17) is 0 Å². The van der Waals surface area contributed by atoms with Crippen molar-refractivity contribution in [1.82, 2.24) is 4.98 Å². The van der Waals surface area contributed by atoms with E-state index >= 15 is 0 Å². The van der Waals surface area contributed by atoms with Crippen molar-refractivity contribution in [3.63, 3.8) is 0 Å². The van der Waals surface area contributed by atoms with E-state index in [1.807, 2.05) is 19.1 Å². The molecule has 0 aliphatic rings. The van der Waals surface area contributed by atoms with E-state index in [0.29, 0.717) is 5.56 Å². The van der Waals surface area contributed by atoms with E-state index in [0.717, 1.165) is 26.6 Å². The van der Waals surface area contributed by atoms with E-state index in [-0.39, 0.29) is 5.82 Å². The number of aryl methyl sites for hydroxylation is 2. The Bertz CT molecular complexity index is 749. The first kappa shape index (κ1) is 12.1. The highest BCUT2D eigenvalue weighted by Crippen LogP contribution is 2.30. The molecule has 0 bridgehead atoms. The Morgan fingerprint density at radius 1 is 1.11 bits per heavy atom. The maximum atomic E-state index is 13.2. The van der Waals surface area contributed by atoms with Crippen molar-refractivity contribution in [2.45, 2.75) is 13.8 Å². The molecule has 0 atom stereocenters. The lowest BCUT2D eigenvalue weighted by Gasteiger charge is -2.03. The van der Waals surface area contributed by atoms with Crippen LogP contribution in [0.4, 0.5) is 15.2 Å². The van der Waals surface area contributed by atoms with Crippen LogP contribution in [0.15, 0.2) is 36.4 Å². The molecule has 4 heteroatoms. The maximum absolute atomic E-state index is 13.2. The molecule has 0 unspecified atom stereocenters. The van der Waals surface area contributed by atoms with Crippen molar-refractivity contribution in [2.75, 3.05) is 5.32 Å². The van der Waals surface area contributed by atoms with Gasteiger partial charge in [-0.2, -0.15) is 0 Å². The van der Waals surface area contributed by atoms with Gasteiger partial charge in [0.05, 0.1) is 10.2 Å². The molecule has 2 aromatic carbocycles. The second-order valence-corrected chi connectivity index (χ2v) is 5.56. The zero-order chi connectivity index (χ0) is 13.4. The zero-order valence-electron chi connectivity index (χ0n) is 10.7. The lowest BCUT2D eigenvalue weighted by molar-refractivity contribution is 0.619. The summed E-state index contributed by atoms with van der Waals surface area (Å²) < 4.78 is 14.4. The summed E-state index contributed by atoms with van der Waals surface area (Å²) in [4.78, 5) is 4.57. The smallest absolute Gasteiger partial charge is 0.188 e. The minimum Gasteiger partial charge on any atom is -0.332 e. The largest absolute Gasteiger partial charge is 0.332 e. The van der Waals surface area contributed by atoms with Gasteiger partial charge in [0.1, 0.15) is 5.82 Å².